The van der Waals surface area contributed by atoms with E-state index in [4.69, 9.17) is 16.3 Å². The quantitative estimate of drug-likeness (QED) is 0.676. The molecule has 1 aliphatic rings. The molecule has 28 heavy (non-hydrogen) atoms. The zero-order valence-corrected chi connectivity index (χ0v) is 16.9. The lowest BCUT2D eigenvalue weighted by Crippen LogP contribution is -2.23. The largest absolute Gasteiger partial charge is 0.495 e. The number of para-hydroxylation sites is 1. The van der Waals surface area contributed by atoms with Gasteiger partial charge in [-0.05, 0) is 49.6 Å². The molecule has 2 aromatic rings. The molecule has 6 nitrogen and oxygen atoms in total. The van der Waals surface area contributed by atoms with Gasteiger partial charge in [0.15, 0.2) is 0 Å². The summed E-state index contributed by atoms with van der Waals surface area (Å²) in [7, 11) is -2.60. The molecule has 0 radical (unpaired) electrons. The summed E-state index contributed by atoms with van der Waals surface area (Å²) in [5.74, 6) is -0.0801. The van der Waals surface area contributed by atoms with Crippen molar-refractivity contribution in [3.63, 3.8) is 0 Å². The van der Waals surface area contributed by atoms with Crippen LogP contribution in [0.4, 0.5) is 11.4 Å². The Bertz CT molecular complexity index is 1010. The second-order valence-corrected chi connectivity index (χ2v) is 8.48. The van der Waals surface area contributed by atoms with Crippen molar-refractivity contribution in [1.29, 1.82) is 0 Å². The van der Waals surface area contributed by atoms with Crippen molar-refractivity contribution in [3.05, 3.63) is 59.6 Å². The standard InChI is InChI=1S/C20H21ClN2O4S/c1-27-18-12-11-15(22-20(24)14-7-3-2-4-8-14)13-19(18)28(25,26)23-17-10-6-5-9-16(17)21/h2-3,5-6,9-14,23H,4,7-8H2,1H3,(H,22,24). The van der Waals surface area contributed by atoms with Gasteiger partial charge in [0.25, 0.3) is 10.0 Å². The first-order valence-corrected chi connectivity index (χ1v) is 10.7. The average molecular weight is 421 g/mol. The number of hydrogen-bond acceptors (Lipinski definition) is 4. The van der Waals surface area contributed by atoms with E-state index < -0.39 is 10.0 Å². The summed E-state index contributed by atoms with van der Waals surface area (Å²) in [5, 5.41) is 3.08. The number of rotatable bonds is 6. The normalized spacial score (nSPS) is 16.4. The van der Waals surface area contributed by atoms with Gasteiger partial charge in [-0.15, -0.1) is 0 Å². The van der Waals surface area contributed by atoms with Crippen LogP contribution < -0.4 is 14.8 Å². The van der Waals surface area contributed by atoms with Crippen LogP contribution in [0.3, 0.4) is 0 Å². The minimum atomic E-state index is -3.98. The fraction of sp³-hybridized carbons (Fsp3) is 0.250. The minimum absolute atomic E-state index is 0.0868. The van der Waals surface area contributed by atoms with Crippen molar-refractivity contribution in [3.8, 4) is 5.75 Å². The van der Waals surface area contributed by atoms with E-state index in [1.165, 1.54) is 19.2 Å². The van der Waals surface area contributed by atoms with Crippen molar-refractivity contribution in [2.24, 2.45) is 5.92 Å². The first kappa shape index (κ1) is 20.2. The van der Waals surface area contributed by atoms with Crippen LogP contribution in [0.5, 0.6) is 5.75 Å². The highest BCUT2D eigenvalue weighted by Gasteiger charge is 2.23. The number of amides is 1. The van der Waals surface area contributed by atoms with E-state index in [-0.39, 0.29) is 33.2 Å². The van der Waals surface area contributed by atoms with Gasteiger partial charge in [-0.2, -0.15) is 0 Å². The number of anilines is 2. The molecule has 1 amide bonds. The molecule has 0 heterocycles. The van der Waals surface area contributed by atoms with Crippen LogP contribution in [-0.2, 0) is 14.8 Å². The van der Waals surface area contributed by atoms with E-state index in [0.29, 0.717) is 12.1 Å². The first-order valence-electron chi connectivity index (χ1n) is 8.82. The van der Waals surface area contributed by atoms with E-state index in [9.17, 15) is 13.2 Å². The zero-order valence-electron chi connectivity index (χ0n) is 15.3. The number of halogens is 1. The third-order valence-corrected chi connectivity index (χ3v) is 6.20. The minimum Gasteiger partial charge on any atom is -0.495 e. The summed E-state index contributed by atoms with van der Waals surface area (Å²) < 4.78 is 33.5. The molecular weight excluding hydrogens is 400 g/mol. The Morgan fingerprint density at radius 3 is 2.64 bits per heavy atom. The zero-order chi connectivity index (χ0) is 20.1. The number of benzene rings is 2. The summed E-state index contributed by atoms with van der Waals surface area (Å²) in [4.78, 5) is 12.4. The maximum absolute atomic E-state index is 12.9. The second kappa shape index (κ2) is 8.67. The molecule has 1 atom stereocenters. The highest BCUT2D eigenvalue weighted by Crippen LogP contribution is 2.31. The Balaban J connectivity index is 1.87. The Morgan fingerprint density at radius 2 is 1.96 bits per heavy atom. The maximum Gasteiger partial charge on any atom is 0.265 e. The molecule has 0 spiro atoms. The van der Waals surface area contributed by atoms with Gasteiger partial charge in [-0.3, -0.25) is 9.52 Å². The van der Waals surface area contributed by atoms with E-state index in [0.717, 1.165) is 12.8 Å². The van der Waals surface area contributed by atoms with E-state index in [2.05, 4.69) is 16.1 Å². The monoisotopic (exact) mass is 420 g/mol. The Kier molecular flexibility index (Phi) is 6.26. The molecule has 0 fully saturated rings. The van der Waals surface area contributed by atoms with Gasteiger partial charge in [0.1, 0.15) is 10.6 Å². The topological polar surface area (TPSA) is 84.5 Å². The summed E-state index contributed by atoms with van der Waals surface area (Å²) >= 11 is 6.06. The summed E-state index contributed by atoms with van der Waals surface area (Å²) in [5.41, 5.74) is 0.648. The van der Waals surface area contributed by atoms with Crippen LogP contribution in [0.2, 0.25) is 5.02 Å². The molecule has 8 heteroatoms. The van der Waals surface area contributed by atoms with E-state index in [1.54, 1.807) is 30.3 Å². The number of hydrogen-bond donors (Lipinski definition) is 2. The second-order valence-electron chi connectivity index (χ2n) is 6.42. The number of sulfonamides is 1. The van der Waals surface area contributed by atoms with Crippen molar-refractivity contribution in [2.45, 2.75) is 24.2 Å². The number of carbonyl (C=O) groups is 1. The van der Waals surface area contributed by atoms with Gasteiger partial charge in [0.05, 0.1) is 17.8 Å². The molecule has 0 saturated carbocycles. The first-order chi connectivity index (χ1) is 13.4. The Morgan fingerprint density at radius 1 is 1.18 bits per heavy atom. The van der Waals surface area contributed by atoms with Gasteiger partial charge in [-0.25, -0.2) is 8.42 Å². The van der Waals surface area contributed by atoms with E-state index in [1.807, 2.05) is 6.08 Å². The number of carbonyl (C=O) groups excluding carboxylic acids is 1. The molecular formula is C20H21ClN2O4S. The van der Waals surface area contributed by atoms with Crippen molar-refractivity contribution in [2.75, 3.05) is 17.1 Å². The molecule has 3 rings (SSSR count). The highest BCUT2D eigenvalue weighted by molar-refractivity contribution is 7.92. The summed E-state index contributed by atoms with van der Waals surface area (Å²) in [6.07, 6.45) is 6.37. The summed E-state index contributed by atoms with van der Waals surface area (Å²) in [6, 6.07) is 11.0. The third-order valence-electron chi connectivity index (χ3n) is 4.48. The van der Waals surface area contributed by atoms with Crippen LogP contribution in [0.1, 0.15) is 19.3 Å². The number of nitrogens with one attached hydrogen (secondary N) is 2. The lowest BCUT2D eigenvalue weighted by molar-refractivity contribution is -0.120. The van der Waals surface area contributed by atoms with Crippen LogP contribution in [0.25, 0.3) is 0 Å². The van der Waals surface area contributed by atoms with Crippen molar-refractivity contribution in [1.82, 2.24) is 0 Å². The third kappa shape index (κ3) is 4.66. The smallest absolute Gasteiger partial charge is 0.265 e. The highest BCUT2D eigenvalue weighted by atomic mass is 35.5. The fourth-order valence-corrected chi connectivity index (χ4v) is 4.50. The number of methoxy groups -OCH3 is 1. The summed E-state index contributed by atoms with van der Waals surface area (Å²) in [6.45, 7) is 0. The number of allylic oxidation sites excluding steroid dienone is 2. The van der Waals surface area contributed by atoms with Crippen LogP contribution in [-0.4, -0.2) is 21.4 Å². The fourth-order valence-electron chi connectivity index (χ4n) is 2.98. The molecule has 148 valence electrons. The Hall–Kier alpha value is -2.51. The molecule has 0 aromatic heterocycles. The molecule has 0 saturated heterocycles. The lowest BCUT2D eigenvalue weighted by atomic mass is 9.93. The molecule has 1 unspecified atom stereocenters. The SMILES string of the molecule is COc1ccc(NC(=O)C2CC=CCC2)cc1S(=O)(=O)Nc1ccccc1Cl. The maximum atomic E-state index is 12.9. The molecule has 2 N–H and O–H groups in total. The van der Waals surface area contributed by atoms with Crippen LogP contribution in [0.15, 0.2) is 59.5 Å². The predicted molar refractivity (Wildman–Crippen MR) is 110 cm³/mol. The van der Waals surface area contributed by atoms with Gasteiger partial charge in [-0.1, -0.05) is 35.9 Å². The van der Waals surface area contributed by atoms with Gasteiger partial charge < -0.3 is 10.1 Å². The van der Waals surface area contributed by atoms with Gasteiger partial charge in [0.2, 0.25) is 5.91 Å². The lowest BCUT2D eigenvalue weighted by Gasteiger charge is -2.18. The van der Waals surface area contributed by atoms with Crippen LogP contribution in [0, 0.1) is 5.92 Å². The molecule has 0 bridgehead atoms. The van der Waals surface area contributed by atoms with E-state index >= 15 is 0 Å². The van der Waals surface area contributed by atoms with Gasteiger partial charge >= 0.3 is 0 Å². The molecule has 1 aliphatic carbocycles. The number of ether oxygens (including phenoxy) is 1. The molecule has 0 aliphatic heterocycles. The van der Waals surface area contributed by atoms with Crippen molar-refractivity contribution < 1.29 is 17.9 Å². The van der Waals surface area contributed by atoms with Crippen LogP contribution >= 0.6 is 11.6 Å². The Labute approximate surface area is 169 Å². The molecule has 2 aromatic carbocycles. The predicted octanol–water partition coefficient (Wildman–Crippen LogP) is 4.44. The van der Waals surface area contributed by atoms with Gasteiger partial charge in [0, 0.05) is 11.6 Å². The average Bonchev–Trinajstić information content (AvgIpc) is 2.70. The van der Waals surface area contributed by atoms with Crippen molar-refractivity contribution >= 4 is 38.9 Å².